The Balaban J connectivity index is 0.000000342. The van der Waals surface area contributed by atoms with Gasteiger partial charge in [0.1, 0.15) is 0 Å². The second kappa shape index (κ2) is 13.9. The lowest BCUT2D eigenvalue weighted by Crippen LogP contribution is -2.36. The van der Waals surface area contributed by atoms with Crippen molar-refractivity contribution in [1.29, 1.82) is 0 Å². The number of carbonyl (C=O) groups is 4. The van der Waals surface area contributed by atoms with E-state index in [1.165, 1.54) is 11.5 Å². The summed E-state index contributed by atoms with van der Waals surface area (Å²) in [6.07, 6.45) is 5.31. The average Bonchev–Trinajstić information content (AvgIpc) is 3.72. The van der Waals surface area contributed by atoms with Crippen LogP contribution in [0.5, 0.6) is 0 Å². The molecular formula is C30H34N4O4. The molecule has 3 aromatic rings. The van der Waals surface area contributed by atoms with Crippen LogP contribution in [0.2, 0.25) is 0 Å². The van der Waals surface area contributed by atoms with E-state index in [4.69, 9.17) is 0 Å². The number of amides is 3. The zero-order chi connectivity index (χ0) is 27.4. The van der Waals surface area contributed by atoms with E-state index in [0.29, 0.717) is 17.7 Å². The summed E-state index contributed by atoms with van der Waals surface area (Å²) < 4.78 is 0. The van der Waals surface area contributed by atoms with Crippen LogP contribution >= 0.6 is 0 Å². The van der Waals surface area contributed by atoms with Gasteiger partial charge in [0.05, 0.1) is 5.54 Å². The number of rotatable bonds is 10. The third kappa shape index (κ3) is 7.85. The molecule has 0 atom stereocenters. The predicted octanol–water partition coefficient (Wildman–Crippen LogP) is 2.97. The molecule has 0 saturated heterocycles. The Labute approximate surface area is 222 Å². The van der Waals surface area contributed by atoms with E-state index < -0.39 is 5.91 Å². The molecule has 0 radical (unpaired) electrons. The molecule has 0 heterocycles. The largest absolute Gasteiger partial charge is 0.353 e. The van der Waals surface area contributed by atoms with Crippen LogP contribution in [0, 0.1) is 0 Å². The van der Waals surface area contributed by atoms with Crippen molar-refractivity contribution in [2.75, 3.05) is 20.1 Å². The topological polar surface area (TPSA) is 116 Å². The van der Waals surface area contributed by atoms with Crippen LogP contribution in [0.25, 0.3) is 10.8 Å². The number of carbonyl (C=O) groups excluding carboxylic acids is 4. The van der Waals surface area contributed by atoms with Crippen molar-refractivity contribution in [3.63, 3.8) is 0 Å². The van der Waals surface area contributed by atoms with Gasteiger partial charge >= 0.3 is 0 Å². The minimum absolute atomic E-state index is 0.0299. The maximum atomic E-state index is 13.0. The number of aldehydes is 1. The second-order valence-electron chi connectivity index (χ2n) is 8.95. The van der Waals surface area contributed by atoms with Crippen molar-refractivity contribution in [3.8, 4) is 0 Å². The van der Waals surface area contributed by atoms with Gasteiger partial charge in [0.15, 0.2) is 0 Å². The lowest BCUT2D eigenvalue weighted by atomic mass is 9.99. The van der Waals surface area contributed by atoms with Crippen molar-refractivity contribution in [2.24, 2.45) is 0 Å². The van der Waals surface area contributed by atoms with E-state index in [2.05, 4.69) is 51.6 Å². The Bertz CT molecular complexity index is 1310. The van der Waals surface area contributed by atoms with E-state index in [0.717, 1.165) is 30.3 Å². The van der Waals surface area contributed by atoms with E-state index in [9.17, 15) is 19.2 Å². The summed E-state index contributed by atoms with van der Waals surface area (Å²) in [6.45, 7) is 3.44. The molecule has 4 N–H and O–H groups in total. The number of hydrogen-bond acceptors (Lipinski definition) is 5. The van der Waals surface area contributed by atoms with Gasteiger partial charge < -0.3 is 21.3 Å². The first-order chi connectivity index (χ1) is 18.4. The summed E-state index contributed by atoms with van der Waals surface area (Å²) in [5.41, 5.74) is 1.93. The van der Waals surface area contributed by atoms with Crippen molar-refractivity contribution in [2.45, 2.75) is 31.8 Å². The maximum absolute atomic E-state index is 13.0. The Morgan fingerprint density at radius 2 is 1.61 bits per heavy atom. The van der Waals surface area contributed by atoms with Crippen LogP contribution in [0.4, 0.5) is 0 Å². The van der Waals surface area contributed by atoms with Crippen LogP contribution in [0.3, 0.4) is 0 Å². The van der Waals surface area contributed by atoms with Gasteiger partial charge in [-0.05, 0) is 60.8 Å². The molecule has 0 bridgehead atoms. The summed E-state index contributed by atoms with van der Waals surface area (Å²) in [5.74, 6) is -0.913. The van der Waals surface area contributed by atoms with Crippen molar-refractivity contribution < 1.29 is 19.2 Å². The minimum Gasteiger partial charge on any atom is -0.353 e. The van der Waals surface area contributed by atoms with Crippen LogP contribution in [-0.2, 0) is 26.5 Å². The summed E-state index contributed by atoms with van der Waals surface area (Å²) in [5, 5.41) is 13.5. The number of nitrogens with one attached hydrogen (secondary N) is 4. The van der Waals surface area contributed by atoms with Gasteiger partial charge in [-0.15, -0.1) is 0 Å². The molecule has 4 rings (SSSR count). The first-order valence-electron chi connectivity index (χ1n) is 12.6. The highest BCUT2D eigenvalue weighted by atomic mass is 16.2. The Morgan fingerprint density at radius 1 is 0.895 bits per heavy atom. The van der Waals surface area contributed by atoms with Crippen molar-refractivity contribution >= 4 is 34.8 Å². The molecule has 8 heteroatoms. The fourth-order valence-corrected chi connectivity index (χ4v) is 4.02. The van der Waals surface area contributed by atoms with E-state index in [1.54, 1.807) is 30.3 Å². The minimum atomic E-state index is -0.704. The average molecular weight is 515 g/mol. The second-order valence-corrected chi connectivity index (χ2v) is 8.95. The van der Waals surface area contributed by atoms with Gasteiger partial charge in [0.25, 0.3) is 11.8 Å². The lowest BCUT2D eigenvalue weighted by Gasteiger charge is -2.20. The number of hydrogen-bond donors (Lipinski definition) is 4. The smallest absolute Gasteiger partial charge is 0.284 e. The normalized spacial score (nSPS) is 13.2. The number of fused-ring (bicyclic) bond motifs is 1. The number of likely N-dealkylation sites (N-methyl/N-ethyl adjacent to an activating group) is 2. The number of benzene rings is 3. The highest BCUT2D eigenvalue weighted by Gasteiger charge is 2.46. The van der Waals surface area contributed by atoms with Gasteiger partial charge in [0.2, 0.25) is 12.2 Å². The molecule has 0 spiro atoms. The van der Waals surface area contributed by atoms with E-state index in [1.807, 2.05) is 26.1 Å². The summed E-state index contributed by atoms with van der Waals surface area (Å²) in [7, 11) is 1.84. The molecule has 198 valence electrons. The maximum Gasteiger partial charge on any atom is 0.284 e. The predicted molar refractivity (Wildman–Crippen MR) is 148 cm³/mol. The summed E-state index contributed by atoms with van der Waals surface area (Å²) >= 11 is 0. The van der Waals surface area contributed by atoms with Gasteiger partial charge in [-0.3, -0.25) is 19.2 Å². The third-order valence-electron chi connectivity index (χ3n) is 6.17. The first kappa shape index (κ1) is 28.3. The van der Waals surface area contributed by atoms with Gasteiger partial charge in [-0.25, -0.2) is 0 Å². The Morgan fingerprint density at radius 3 is 2.29 bits per heavy atom. The molecule has 1 fully saturated rings. The molecule has 0 unspecified atom stereocenters. The van der Waals surface area contributed by atoms with E-state index in [-0.39, 0.29) is 30.2 Å². The van der Waals surface area contributed by atoms with Crippen LogP contribution < -0.4 is 21.3 Å². The van der Waals surface area contributed by atoms with E-state index >= 15 is 0 Å². The first-order valence-corrected chi connectivity index (χ1v) is 12.6. The van der Waals surface area contributed by atoms with Crippen LogP contribution in [0.15, 0.2) is 78.9 Å². The summed E-state index contributed by atoms with van der Waals surface area (Å²) in [6, 6.07) is 21.5. The van der Waals surface area contributed by atoms with Crippen molar-refractivity contribution in [1.82, 2.24) is 21.3 Å². The van der Waals surface area contributed by atoms with Crippen LogP contribution in [-0.4, -0.2) is 44.1 Å². The standard InChI is InChI=1S/C23H20N2O3.C7H14N2O/c26-15-21(27)24-14-18-7-3-4-8-20(18)22(28)25-23(11-12-23)19-10-9-16-5-1-2-6-17(16)13-19;1-3-9-7(10)5-4-6-8-2/h1-10,13,15H,11-12,14H2,(H,24,27)(H,25,28);4-5,8H,3,6H2,1-2H3,(H,9,10)/b;5-4+. The molecule has 1 aliphatic rings. The molecule has 38 heavy (non-hydrogen) atoms. The summed E-state index contributed by atoms with van der Waals surface area (Å²) in [4.78, 5) is 45.4. The monoisotopic (exact) mass is 514 g/mol. The highest BCUT2D eigenvalue weighted by Crippen LogP contribution is 2.46. The molecule has 3 aromatic carbocycles. The molecule has 1 aliphatic carbocycles. The van der Waals surface area contributed by atoms with Crippen LogP contribution in [0.1, 0.15) is 41.3 Å². The Kier molecular flexibility index (Phi) is 10.3. The van der Waals surface area contributed by atoms with Gasteiger partial charge in [0, 0.05) is 31.3 Å². The molecule has 1 saturated carbocycles. The highest BCUT2D eigenvalue weighted by molar-refractivity contribution is 6.23. The molecule has 8 nitrogen and oxygen atoms in total. The van der Waals surface area contributed by atoms with Gasteiger partial charge in [-0.2, -0.15) is 0 Å². The molecule has 0 aliphatic heterocycles. The van der Waals surface area contributed by atoms with Gasteiger partial charge in [-0.1, -0.05) is 60.7 Å². The molecule has 3 amide bonds. The zero-order valence-corrected chi connectivity index (χ0v) is 21.8. The SMILES string of the molecule is CCNC(=O)/C=C/CNC.O=CC(=O)NCc1ccccc1C(=O)NC1(c2ccc3ccccc3c2)CC1. The zero-order valence-electron chi connectivity index (χ0n) is 21.8. The molecular weight excluding hydrogens is 480 g/mol. The molecule has 0 aromatic heterocycles. The lowest BCUT2D eigenvalue weighted by molar-refractivity contribution is -0.131. The third-order valence-corrected chi connectivity index (χ3v) is 6.17. The quantitative estimate of drug-likeness (QED) is 0.189. The Hall–Kier alpha value is -4.30. The fourth-order valence-electron chi connectivity index (χ4n) is 4.02. The van der Waals surface area contributed by atoms with Crippen molar-refractivity contribution in [3.05, 3.63) is 95.6 Å². The fraction of sp³-hybridized carbons (Fsp3) is 0.267.